The number of nitrogens with zero attached hydrogens (tertiary/aromatic N) is 1. The van der Waals surface area contributed by atoms with Gasteiger partial charge in [0.2, 0.25) is 11.8 Å². The molecule has 4 nitrogen and oxygen atoms in total. The van der Waals surface area contributed by atoms with E-state index < -0.39 is 6.04 Å². The number of hydrogen-bond donors (Lipinski definition) is 1. The molecule has 166 valence electrons. The standard InChI is InChI=1S/C25H31ClN2O2S/c1-2-23(25(30)27-21-13-7-8-14-21)28(16-19-10-4-3-5-11-19)24(29)18-31-17-20-12-6-9-15-22(20)26/h3-6,9-12,15,21,23H,2,7-8,13-14,16-18H2,1H3,(H,27,30)/t23-/m1/s1. The number of carbonyl (C=O) groups excluding carboxylic acids is 2. The lowest BCUT2D eigenvalue weighted by molar-refractivity contribution is -0.139. The minimum Gasteiger partial charge on any atom is -0.352 e. The maximum absolute atomic E-state index is 13.3. The average Bonchev–Trinajstić information content (AvgIpc) is 3.28. The molecule has 1 fully saturated rings. The number of carbonyl (C=O) groups is 2. The van der Waals surface area contributed by atoms with E-state index in [9.17, 15) is 9.59 Å². The monoisotopic (exact) mass is 458 g/mol. The zero-order chi connectivity index (χ0) is 22.1. The van der Waals surface area contributed by atoms with Crippen molar-refractivity contribution >= 4 is 35.2 Å². The predicted molar refractivity (Wildman–Crippen MR) is 129 cm³/mol. The maximum atomic E-state index is 13.3. The third kappa shape index (κ3) is 7.01. The Balaban J connectivity index is 1.68. The van der Waals surface area contributed by atoms with Gasteiger partial charge in [0.15, 0.2) is 0 Å². The van der Waals surface area contributed by atoms with Gasteiger partial charge in [-0.1, -0.05) is 79.9 Å². The van der Waals surface area contributed by atoms with Crippen molar-refractivity contribution in [1.29, 1.82) is 0 Å². The van der Waals surface area contributed by atoms with E-state index in [1.165, 1.54) is 11.8 Å². The van der Waals surface area contributed by atoms with Crippen molar-refractivity contribution in [3.63, 3.8) is 0 Å². The first-order valence-electron chi connectivity index (χ1n) is 11.0. The summed E-state index contributed by atoms with van der Waals surface area (Å²) in [6, 6.07) is 17.3. The summed E-state index contributed by atoms with van der Waals surface area (Å²) >= 11 is 7.78. The number of nitrogens with one attached hydrogen (secondary N) is 1. The van der Waals surface area contributed by atoms with Crippen LogP contribution in [0.15, 0.2) is 54.6 Å². The Morgan fingerprint density at radius 2 is 1.77 bits per heavy atom. The fourth-order valence-corrected chi connectivity index (χ4v) is 5.21. The molecule has 0 spiro atoms. The molecule has 1 atom stereocenters. The van der Waals surface area contributed by atoms with Gasteiger partial charge < -0.3 is 10.2 Å². The van der Waals surface area contributed by atoms with E-state index >= 15 is 0 Å². The summed E-state index contributed by atoms with van der Waals surface area (Å²) in [6.45, 7) is 2.41. The first kappa shape index (κ1) is 23.7. The molecule has 1 N–H and O–H groups in total. The van der Waals surface area contributed by atoms with E-state index in [0.29, 0.717) is 29.5 Å². The minimum absolute atomic E-state index is 0.0191. The Kier molecular flexibility index (Phi) is 9.29. The molecule has 2 aromatic rings. The van der Waals surface area contributed by atoms with Crippen molar-refractivity contribution < 1.29 is 9.59 Å². The van der Waals surface area contributed by atoms with Crippen LogP contribution in [0.2, 0.25) is 5.02 Å². The van der Waals surface area contributed by atoms with Crippen LogP contribution in [-0.2, 0) is 21.9 Å². The SMILES string of the molecule is CC[C@H](C(=O)NC1CCCC1)N(Cc1ccccc1)C(=O)CSCc1ccccc1Cl. The van der Waals surface area contributed by atoms with Gasteiger partial charge in [-0.05, 0) is 36.5 Å². The molecule has 31 heavy (non-hydrogen) atoms. The lowest BCUT2D eigenvalue weighted by Crippen LogP contribution is -2.51. The molecule has 0 bridgehead atoms. The Hall–Kier alpha value is -1.98. The highest BCUT2D eigenvalue weighted by molar-refractivity contribution is 7.99. The largest absolute Gasteiger partial charge is 0.352 e. The van der Waals surface area contributed by atoms with Gasteiger partial charge in [-0.2, -0.15) is 0 Å². The van der Waals surface area contributed by atoms with Crippen molar-refractivity contribution in [3.05, 3.63) is 70.7 Å². The van der Waals surface area contributed by atoms with Crippen molar-refractivity contribution in [3.8, 4) is 0 Å². The molecule has 1 aliphatic rings. The number of benzene rings is 2. The normalized spacial score (nSPS) is 14.9. The summed E-state index contributed by atoms with van der Waals surface area (Å²) in [5.41, 5.74) is 2.04. The number of halogens is 1. The van der Waals surface area contributed by atoms with E-state index in [0.717, 1.165) is 36.8 Å². The van der Waals surface area contributed by atoms with Crippen LogP contribution in [-0.4, -0.2) is 34.6 Å². The van der Waals surface area contributed by atoms with Gasteiger partial charge >= 0.3 is 0 Å². The molecule has 0 unspecified atom stereocenters. The molecule has 1 saturated carbocycles. The second-order valence-corrected chi connectivity index (χ2v) is 9.40. The molecule has 0 saturated heterocycles. The van der Waals surface area contributed by atoms with Gasteiger partial charge in [-0.3, -0.25) is 9.59 Å². The van der Waals surface area contributed by atoms with Crippen LogP contribution < -0.4 is 5.32 Å². The predicted octanol–water partition coefficient (Wildman–Crippen LogP) is 5.44. The van der Waals surface area contributed by atoms with Gasteiger partial charge in [0.05, 0.1) is 5.75 Å². The lowest BCUT2D eigenvalue weighted by atomic mass is 10.1. The van der Waals surface area contributed by atoms with Gasteiger partial charge in [-0.15, -0.1) is 11.8 Å². The number of amides is 2. The van der Waals surface area contributed by atoms with Crippen molar-refractivity contribution in [2.24, 2.45) is 0 Å². The Morgan fingerprint density at radius 3 is 2.45 bits per heavy atom. The first-order chi connectivity index (χ1) is 15.1. The molecular formula is C25H31ClN2O2S. The Morgan fingerprint density at radius 1 is 1.10 bits per heavy atom. The quantitative estimate of drug-likeness (QED) is 0.515. The van der Waals surface area contributed by atoms with Crippen LogP contribution in [0.5, 0.6) is 0 Å². The highest BCUT2D eigenvalue weighted by Crippen LogP contribution is 2.23. The molecular weight excluding hydrogens is 428 g/mol. The molecule has 1 aliphatic carbocycles. The highest BCUT2D eigenvalue weighted by Gasteiger charge is 2.30. The first-order valence-corrected chi connectivity index (χ1v) is 12.6. The van der Waals surface area contributed by atoms with E-state index in [4.69, 9.17) is 11.6 Å². The topological polar surface area (TPSA) is 49.4 Å². The fraction of sp³-hybridized carbons (Fsp3) is 0.440. The average molecular weight is 459 g/mol. The molecule has 2 amide bonds. The molecule has 3 rings (SSSR count). The van der Waals surface area contributed by atoms with Gasteiger partial charge in [0.1, 0.15) is 6.04 Å². The summed E-state index contributed by atoms with van der Waals surface area (Å²) in [4.78, 5) is 28.1. The number of rotatable bonds is 10. The second kappa shape index (κ2) is 12.2. The van der Waals surface area contributed by atoms with Crippen LogP contribution in [0.1, 0.15) is 50.2 Å². The van der Waals surface area contributed by atoms with Crippen molar-refractivity contribution in [2.45, 2.75) is 63.4 Å². The van der Waals surface area contributed by atoms with E-state index in [1.807, 2.05) is 61.5 Å². The Labute approximate surface area is 194 Å². The Bertz CT molecular complexity index is 856. The van der Waals surface area contributed by atoms with Crippen molar-refractivity contribution in [1.82, 2.24) is 10.2 Å². The summed E-state index contributed by atoms with van der Waals surface area (Å²) in [7, 11) is 0. The fourth-order valence-electron chi connectivity index (χ4n) is 4.01. The highest BCUT2D eigenvalue weighted by atomic mass is 35.5. The molecule has 0 aromatic heterocycles. The van der Waals surface area contributed by atoms with Crippen LogP contribution in [0.25, 0.3) is 0 Å². The molecule has 0 aliphatic heterocycles. The van der Waals surface area contributed by atoms with E-state index in [-0.39, 0.29) is 17.9 Å². The molecule has 0 heterocycles. The van der Waals surface area contributed by atoms with Crippen molar-refractivity contribution in [2.75, 3.05) is 5.75 Å². The maximum Gasteiger partial charge on any atom is 0.243 e. The minimum atomic E-state index is -0.464. The van der Waals surface area contributed by atoms with Gasteiger partial charge in [-0.25, -0.2) is 0 Å². The third-order valence-electron chi connectivity index (χ3n) is 5.72. The van der Waals surface area contributed by atoms with E-state index in [1.54, 1.807) is 4.90 Å². The lowest BCUT2D eigenvalue weighted by Gasteiger charge is -2.31. The summed E-state index contributed by atoms with van der Waals surface area (Å²) < 4.78 is 0. The number of thioether (sulfide) groups is 1. The molecule has 6 heteroatoms. The van der Waals surface area contributed by atoms with Crippen LogP contribution in [0, 0.1) is 0 Å². The zero-order valence-corrected chi connectivity index (χ0v) is 19.6. The van der Waals surface area contributed by atoms with Gasteiger partial charge in [0, 0.05) is 23.4 Å². The molecule has 2 aromatic carbocycles. The second-order valence-electron chi connectivity index (χ2n) is 8.01. The van der Waals surface area contributed by atoms with Gasteiger partial charge in [0.25, 0.3) is 0 Å². The zero-order valence-electron chi connectivity index (χ0n) is 18.1. The van der Waals surface area contributed by atoms with Crippen LogP contribution in [0.4, 0.5) is 0 Å². The third-order valence-corrected chi connectivity index (χ3v) is 7.06. The summed E-state index contributed by atoms with van der Waals surface area (Å²) in [6.07, 6.45) is 4.97. The summed E-state index contributed by atoms with van der Waals surface area (Å²) in [5, 5.41) is 3.90. The van der Waals surface area contributed by atoms with E-state index in [2.05, 4.69) is 5.32 Å². The molecule has 0 radical (unpaired) electrons. The summed E-state index contributed by atoms with van der Waals surface area (Å²) in [5.74, 6) is 0.921. The van der Waals surface area contributed by atoms with Crippen LogP contribution >= 0.6 is 23.4 Å². The van der Waals surface area contributed by atoms with Crippen LogP contribution in [0.3, 0.4) is 0 Å². The smallest absolute Gasteiger partial charge is 0.243 e. The number of hydrogen-bond acceptors (Lipinski definition) is 3.